The number of hydrogen-bond donors (Lipinski definition) is 2. The molecule has 0 radical (unpaired) electrons. The highest BCUT2D eigenvalue weighted by Crippen LogP contribution is 2.52. The first-order chi connectivity index (χ1) is 12.9. The largest absolute Gasteiger partial charge is 0.386 e. The molecule has 1 atom stereocenters. The van der Waals surface area contributed by atoms with Crippen molar-refractivity contribution in [2.45, 2.75) is 37.6 Å². The predicted octanol–water partition coefficient (Wildman–Crippen LogP) is 1.57. The fourth-order valence-corrected chi connectivity index (χ4v) is 3.81. The van der Waals surface area contributed by atoms with E-state index < -0.39 is 11.5 Å². The summed E-state index contributed by atoms with van der Waals surface area (Å²) < 4.78 is 14.3. The van der Waals surface area contributed by atoms with Gasteiger partial charge in [-0.1, -0.05) is 13.0 Å². The second-order valence-electron chi connectivity index (χ2n) is 7.58. The van der Waals surface area contributed by atoms with Gasteiger partial charge in [0.1, 0.15) is 11.9 Å². The number of anilines is 1. The summed E-state index contributed by atoms with van der Waals surface area (Å²) in [6.45, 7) is 4.71. The van der Waals surface area contributed by atoms with Gasteiger partial charge in [0.15, 0.2) is 0 Å². The van der Waals surface area contributed by atoms with Crippen LogP contribution in [0, 0.1) is 5.82 Å². The molecule has 1 aliphatic heterocycles. The smallest absolute Gasteiger partial charge is 0.246 e. The van der Waals surface area contributed by atoms with Crippen LogP contribution in [0.4, 0.5) is 10.1 Å². The van der Waals surface area contributed by atoms with Gasteiger partial charge in [-0.05, 0) is 37.6 Å². The standard InChI is InChI=1S/C20H29FN4O2/c1-4-17(26)23-18(19(27)25-11-9-24(3)10-12-25)20(7-8-20)14-5-6-16(22-2)15(21)13-14/h5-6,13,18,22H,4,7-12H2,1-3H3,(H,23,26). The summed E-state index contributed by atoms with van der Waals surface area (Å²) >= 11 is 0. The van der Waals surface area contributed by atoms with Crippen LogP contribution in [0.1, 0.15) is 31.7 Å². The van der Waals surface area contributed by atoms with Gasteiger partial charge in [0, 0.05) is 45.1 Å². The zero-order chi connectivity index (χ0) is 19.6. The van der Waals surface area contributed by atoms with Gasteiger partial charge in [-0.15, -0.1) is 0 Å². The number of nitrogens with zero attached hydrogens (tertiary/aromatic N) is 2. The molecule has 2 N–H and O–H groups in total. The lowest BCUT2D eigenvalue weighted by Gasteiger charge is -2.37. The van der Waals surface area contributed by atoms with Crippen LogP contribution >= 0.6 is 0 Å². The maximum absolute atomic E-state index is 14.3. The van der Waals surface area contributed by atoms with Gasteiger partial charge in [0.2, 0.25) is 11.8 Å². The van der Waals surface area contributed by atoms with Crippen LogP contribution in [0.25, 0.3) is 0 Å². The van der Waals surface area contributed by atoms with E-state index in [1.54, 1.807) is 20.0 Å². The Kier molecular flexibility index (Phi) is 5.69. The van der Waals surface area contributed by atoms with E-state index in [1.807, 2.05) is 18.0 Å². The number of rotatable bonds is 6. The lowest BCUT2D eigenvalue weighted by molar-refractivity contribution is -0.138. The van der Waals surface area contributed by atoms with Crippen molar-refractivity contribution in [1.82, 2.24) is 15.1 Å². The molecule has 1 saturated heterocycles. The first-order valence-electron chi connectivity index (χ1n) is 9.65. The number of halogens is 1. The Bertz CT molecular complexity index is 712. The van der Waals surface area contributed by atoms with E-state index in [2.05, 4.69) is 15.5 Å². The van der Waals surface area contributed by atoms with E-state index >= 15 is 0 Å². The molecule has 1 aliphatic carbocycles. The average molecular weight is 376 g/mol. The number of amides is 2. The molecule has 1 heterocycles. The van der Waals surface area contributed by atoms with Crippen LogP contribution in [0.2, 0.25) is 0 Å². The molecule has 1 unspecified atom stereocenters. The molecule has 1 aromatic carbocycles. The van der Waals surface area contributed by atoms with Gasteiger partial charge in [-0.25, -0.2) is 4.39 Å². The SMILES string of the molecule is CCC(=O)NC(C(=O)N1CCN(C)CC1)C1(c2ccc(NC)c(F)c2)CC1. The average Bonchev–Trinajstić information content (AvgIpc) is 3.47. The number of nitrogens with one attached hydrogen (secondary N) is 2. The Morgan fingerprint density at radius 1 is 1.22 bits per heavy atom. The lowest BCUT2D eigenvalue weighted by atomic mass is 9.86. The fraction of sp³-hybridized carbons (Fsp3) is 0.600. The number of likely N-dealkylation sites (N-methyl/N-ethyl adjacent to an activating group) is 1. The molecule has 2 fully saturated rings. The van der Waals surface area contributed by atoms with Crippen molar-refractivity contribution >= 4 is 17.5 Å². The van der Waals surface area contributed by atoms with Gasteiger partial charge in [0.25, 0.3) is 0 Å². The van der Waals surface area contributed by atoms with Crippen molar-refractivity contribution in [3.05, 3.63) is 29.6 Å². The zero-order valence-electron chi connectivity index (χ0n) is 16.3. The molecule has 0 aromatic heterocycles. The Morgan fingerprint density at radius 2 is 1.89 bits per heavy atom. The van der Waals surface area contributed by atoms with E-state index in [4.69, 9.17) is 0 Å². The Balaban J connectivity index is 1.89. The molecule has 2 amide bonds. The summed E-state index contributed by atoms with van der Waals surface area (Å²) in [5.41, 5.74) is 0.690. The third-order valence-corrected chi connectivity index (χ3v) is 5.84. The van der Waals surface area contributed by atoms with Crippen molar-refractivity contribution in [2.75, 3.05) is 45.6 Å². The second kappa shape index (κ2) is 7.84. The maximum Gasteiger partial charge on any atom is 0.246 e. The van der Waals surface area contributed by atoms with E-state index in [1.165, 1.54) is 6.07 Å². The monoisotopic (exact) mass is 376 g/mol. The highest BCUT2D eigenvalue weighted by Gasteiger charge is 2.55. The van der Waals surface area contributed by atoms with E-state index in [0.717, 1.165) is 31.5 Å². The predicted molar refractivity (Wildman–Crippen MR) is 103 cm³/mol. The minimum Gasteiger partial charge on any atom is -0.386 e. The molecule has 3 rings (SSSR count). The number of benzene rings is 1. The number of hydrogen-bond acceptors (Lipinski definition) is 4. The lowest BCUT2D eigenvalue weighted by Crippen LogP contribution is -2.58. The maximum atomic E-state index is 14.3. The topological polar surface area (TPSA) is 64.7 Å². The number of carbonyl (C=O) groups is 2. The molecular formula is C20H29FN4O2. The molecule has 1 saturated carbocycles. The summed E-state index contributed by atoms with van der Waals surface area (Å²) in [5, 5.41) is 5.76. The Hall–Kier alpha value is -2.15. The van der Waals surface area contributed by atoms with Gasteiger partial charge in [-0.2, -0.15) is 0 Å². The summed E-state index contributed by atoms with van der Waals surface area (Å²) in [6.07, 6.45) is 1.84. The quantitative estimate of drug-likeness (QED) is 0.791. The number of carbonyl (C=O) groups excluding carboxylic acids is 2. The second-order valence-corrected chi connectivity index (χ2v) is 7.58. The minimum absolute atomic E-state index is 0.0551. The van der Waals surface area contributed by atoms with Crippen molar-refractivity contribution in [2.24, 2.45) is 0 Å². The van der Waals surface area contributed by atoms with Crippen molar-refractivity contribution in [3.63, 3.8) is 0 Å². The molecule has 0 spiro atoms. The third kappa shape index (κ3) is 3.93. The highest BCUT2D eigenvalue weighted by atomic mass is 19.1. The van der Waals surface area contributed by atoms with Gasteiger partial charge >= 0.3 is 0 Å². The molecule has 2 aliphatic rings. The van der Waals surface area contributed by atoms with Crippen LogP contribution in [-0.2, 0) is 15.0 Å². The van der Waals surface area contributed by atoms with Crippen LogP contribution in [0.3, 0.4) is 0 Å². The van der Waals surface area contributed by atoms with Crippen LogP contribution in [0.5, 0.6) is 0 Å². The molecular weight excluding hydrogens is 347 g/mol. The van der Waals surface area contributed by atoms with Gasteiger partial charge in [-0.3, -0.25) is 9.59 Å². The Labute approximate surface area is 160 Å². The van der Waals surface area contributed by atoms with Gasteiger partial charge in [0.05, 0.1) is 5.69 Å². The fourth-order valence-electron chi connectivity index (χ4n) is 3.81. The van der Waals surface area contributed by atoms with Crippen molar-refractivity contribution in [1.29, 1.82) is 0 Å². The summed E-state index contributed by atoms with van der Waals surface area (Å²) in [4.78, 5) is 29.5. The van der Waals surface area contributed by atoms with E-state index in [9.17, 15) is 14.0 Å². The zero-order valence-corrected chi connectivity index (χ0v) is 16.3. The normalized spacial score (nSPS) is 20.1. The van der Waals surface area contributed by atoms with Crippen LogP contribution in [0.15, 0.2) is 18.2 Å². The molecule has 6 nitrogen and oxygen atoms in total. The summed E-state index contributed by atoms with van der Waals surface area (Å²) in [5.74, 6) is -0.546. The molecule has 1 aromatic rings. The third-order valence-electron chi connectivity index (χ3n) is 5.84. The first kappa shape index (κ1) is 19.6. The van der Waals surface area contributed by atoms with E-state index in [-0.39, 0.29) is 17.6 Å². The highest BCUT2D eigenvalue weighted by molar-refractivity contribution is 5.90. The van der Waals surface area contributed by atoms with Crippen LogP contribution in [-0.4, -0.2) is 67.9 Å². The van der Waals surface area contributed by atoms with E-state index in [0.29, 0.717) is 25.2 Å². The Morgan fingerprint density at radius 3 is 2.41 bits per heavy atom. The van der Waals surface area contributed by atoms with Gasteiger partial charge < -0.3 is 20.4 Å². The summed E-state index contributed by atoms with van der Waals surface area (Å²) in [6, 6.07) is 4.42. The molecule has 0 bridgehead atoms. The molecule has 7 heteroatoms. The van der Waals surface area contributed by atoms with Crippen molar-refractivity contribution in [3.8, 4) is 0 Å². The number of piperazine rings is 1. The van der Waals surface area contributed by atoms with Crippen LogP contribution < -0.4 is 10.6 Å². The van der Waals surface area contributed by atoms with Crippen molar-refractivity contribution < 1.29 is 14.0 Å². The molecule has 148 valence electrons. The first-order valence-corrected chi connectivity index (χ1v) is 9.65. The minimum atomic E-state index is -0.645. The molecule has 27 heavy (non-hydrogen) atoms. The summed E-state index contributed by atoms with van der Waals surface area (Å²) in [7, 11) is 3.71.